The summed E-state index contributed by atoms with van der Waals surface area (Å²) in [5, 5.41) is 0. The summed E-state index contributed by atoms with van der Waals surface area (Å²) in [5.41, 5.74) is 2.85. The highest BCUT2D eigenvalue weighted by Gasteiger charge is 2.29. The fourth-order valence-corrected chi connectivity index (χ4v) is 5.07. The van der Waals surface area contributed by atoms with Crippen LogP contribution in [0.2, 0.25) is 0 Å². The Kier molecular flexibility index (Phi) is 5.62. The van der Waals surface area contributed by atoms with Crippen molar-refractivity contribution in [2.75, 3.05) is 18.1 Å². The molecule has 6 heteroatoms. The van der Waals surface area contributed by atoms with E-state index in [2.05, 4.69) is 5.43 Å². The van der Waals surface area contributed by atoms with Crippen LogP contribution in [0.3, 0.4) is 0 Å². The largest absolute Gasteiger partial charge is 0.378 e. The van der Waals surface area contributed by atoms with E-state index in [4.69, 9.17) is 10.6 Å². The van der Waals surface area contributed by atoms with Gasteiger partial charge >= 0.3 is 0 Å². The van der Waals surface area contributed by atoms with Gasteiger partial charge in [-0.15, -0.1) is 0 Å². The van der Waals surface area contributed by atoms with Crippen LogP contribution in [0, 0.1) is 5.92 Å². The zero-order valence-corrected chi connectivity index (χ0v) is 12.3. The average Bonchev–Trinajstić information content (AvgIpc) is 2.98. The topological polar surface area (TPSA) is 81.4 Å². The van der Waals surface area contributed by atoms with Crippen LogP contribution < -0.4 is 11.3 Å². The van der Waals surface area contributed by atoms with Crippen molar-refractivity contribution in [3.63, 3.8) is 0 Å². The summed E-state index contributed by atoms with van der Waals surface area (Å²) in [7, 11) is -2.77. The molecule has 0 spiro atoms. The van der Waals surface area contributed by atoms with E-state index in [1.165, 1.54) is 12.8 Å². The van der Waals surface area contributed by atoms with Gasteiger partial charge in [-0.1, -0.05) is 0 Å². The molecule has 0 bridgehead atoms. The van der Waals surface area contributed by atoms with Gasteiger partial charge in [0, 0.05) is 12.6 Å². The molecule has 3 N–H and O–H groups in total. The van der Waals surface area contributed by atoms with Crippen LogP contribution in [0.25, 0.3) is 0 Å². The first-order valence-electron chi connectivity index (χ1n) is 7.37. The number of rotatable bonds is 7. The third kappa shape index (κ3) is 5.02. The van der Waals surface area contributed by atoms with E-state index >= 15 is 0 Å². The second-order valence-electron chi connectivity index (χ2n) is 5.93. The SMILES string of the molecule is NNC(CCCC1CCCO1)CC1CCS(=O)(=O)C1. The minimum atomic E-state index is -2.77. The molecule has 0 amide bonds. The third-order valence-corrected chi connectivity index (χ3v) is 6.12. The van der Waals surface area contributed by atoms with Gasteiger partial charge in [-0.2, -0.15) is 0 Å². The van der Waals surface area contributed by atoms with E-state index in [1.54, 1.807) is 0 Å². The molecule has 2 rings (SSSR count). The maximum atomic E-state index is 11.4. The molecule has 0 radical (unpaired) electrons. The summed E-state index contributed by atoms with van der Waals surface area (Å²) in [6.45, 7) is 0.906. The fraction of sp³-hybridized carbons (Fsp3) is 1.00. The van der Waals surface area contributed by atoms with E-state index in [9.17, 15) is 8.42 Å². The number of hydrazine groups is 1. The zero-order chi connectivity index (χ0) is 13.7. The molecule has 112 valence electrons. The Hall–Kier alpha value is -0.170. The Morgan fingerprint density at radius 2 is 2.21 bits per heavy atom. The van der Waals surface area contributed by atoms with E-state index in [-0.39, 0.29) is 12.0 Å². The van der Waals surface area contributed by atoms with Crippen LogP contribution in [-0.2, 0) is 14.6 Å². The summed E-state index contributed by atoms with van der Waals surface area (Å²) in [6.07, 6.45) is 7.68. The fourth-order valence-electron chi connectivity index (χ4n) is 3.19. The van der Waals surface area contributed by atoms with Crippen molar-refractivity contribution in [1.29, 1.82) is 0 Å². The Morgan fingerprint density at radius 1 is 1.37 bits per heavy atom. The number of ether oxygens (including phenoxy) is 1. The number of nitrogens with two attached hydrogens (primary N) is 1. The van der Waals surface area contributed by atoms with Crippen molar-refractivity contribution in [2.45, 2.75) is 57.1 Å². The Labute approximate surface area is 116 Å². The Bertz CT molecular complexity index is 366. The molecule has 3 atom stereocenters. The van der Waals surface area contributed by atoms with Gasteiger partial charge in [0.25, 0.3) is 0 Å². The van der Waals surface area contributed by atoms with Crippen molar-refractivity contribution < 1.29 is 13.2 Å². The van der Waals surface area contributed by atoms with Gasteiger partial charge in [0.05, 0.1) is 17.6 Å². The van der Waals surface area contributed by atoms with Gasteiger partial charge in [0.15, 0.2) is 9.84 Å². The molecule has 0 aromatic heterocycles. The van der Waals surface area contributed by atoms with Gasteiger partial charge in [0.2, 0.25) is 0 Å². The van der Waals surface area contributed by atoms with Crippen LogP contribution in [-0.4, -0.2) is 38.7 Å². The van der Waals surface area contributed by atoms with Crippen molar-refractivity contribution >= 4 is 9.84 Å². The van der Waals surface area contributed by atoms with Crippen molar-refractivity contribution in [3.8, 4) is 0 Å². The van der Waals surface area contributed by atoms with E-state index < -0.39 is 9.84 Å². The highest BCUT2D eigenvalue weighted by atomic mass is 32.2. The van der Waals surface area contributed by atoms with Crippen molar-refractivity contribution in [3.05, 3.63) is 0 Å². The maximum absolute atomic E-state index is 11.4. The van der Waals surface area contributed by atoms with Crippen LogP contribution >= 0.6 is 0 Å². The molecule has 3 unspecified atom stereocenters. The summed E-state index contributed by atoms with van der Waals surface area (Å²) in [4.78, 5) is 0. The molecule has 0 aliphatic carbocycles. The van der Waals surface area contributed by atoms with E-state index in [0.717, 1.165) is 38.7 Å². The average molecular weight is 290 g/mol. The first-order chi connectivity index (χ1) is 9.09. The molecular weight excluding hydrogens is 264 g/mol. The third-order valence-electron chi connectivity index (χ3n) is 4.28. The lowest BCUT2D eigenvalue weighted by atomic mass is 9.95. The predicted molar refractivity (Wildman–Crippen MR) is 75.3 cm³/mol. The molecular formula is C13H26N2O3S. The molecule has 0 aromatic carbocycles. The van der Waals surface area contributed by atoms with Gasteiger partial charge in [-0.05, 0) is 50.9 Å². The van der Waals surface area contributed by atoms with E-state index in [1.807, 2.05) is 0 Å². The Morgan fingerprint density at radius 3 is 2.79 bits per heavy atom. The normalized spacial score (nSPS) is 31.6. The first kappa shape index (κ1) is 15.2. The van der Waals surface area contributed by atoms with Crippen LogP contribution in [0.1, 0.15) is 44.9 Å². The number of sulfone groups is 1. The summed E-state index contributed by atoms with van der Waals surface area (Å²) < 4.78 is 28.5. The molecule has 2 fully saturated rings. The second-order valence-corrected chi connectivity index (χ2v) is 8.16. The summed E-state index contributed by atoms with van der Waals surface area (Å²) in [6, 6.07) is 0.236. The molecule has 2 aliphatic rings. The van der Waals surface area contributed by atoms with Crippen LogP contribution in [0.5, 0.6) is 0 Å². The van der Waals surface area contributed by atoms with Gasteiger partial charge in [-0.25, -0.2) is 8.42 Å². The number of hydrogen-bond donors (Lipinski definition) is 2. The number of hydrogen-bond acceptors (Lipinski definition) is 5. The summed E-state index contributed by atoms with van der Waals surface area (Å²) in [5.74, 6) is 6.56. The lowest BCUT2D eigenvalue weighted by molar-refractivity contribution is 0.101. The van der Waals surface area contributed by atoms with Gasteiger partial charge < -0.3 is 4.74 Å². The first-order valence-corrected chi connectivity index (χ1v) is 9.19. The Balaban J connectivity index is 1.65. The molecule has 19 heavy (non-hydrogen) atoms. The van der Waals surface area contributed by atoms with Crippen molar-refractivity contribution in [1.82, 2.24) is 5.43 Å². The maximum Gasteiger partial charge on any atom is 0.150 e. The smallest absolute Gasteiger partial charge is 0.150 e. The minimum absolute atomic E-state index is 0.236. The molecule has 2 aliphatic heterocycles. The van der Waals surface area contributed by atoms with Crippen LogP contribution in [0.4, 0.5) is 0 Å². The second kappa shape index (κ2) is 7.02. The predicted octanol–water partition coefficient (Wildman–Crippen LogP) is 0.992. The molecule has 5 nitrogen and oxygen atoms in total. The lowest BCUT2D eigenvalue weighted by Gasteiger charge is -2.19. The number of nitrogens with one attached hydrogen (secondary N) is 1. The van der Waals surface area contributed by atoms with Crippen LogP contribution in [0.15, 0.2) is 0 Å². The molecule has 2 saturated heterocycles. The molecule has 2 heterocycles. The highest BCUT2D eigenvalue weighted by molar-refractivity contribution is 7.91. The van der Waals surface area contributed by atoms with Gasteiger partial charge in [0.1, 0.15) is 0 Å². The zero-order valence-electron chi connectivity index (χ0n) is 11.5. The minimum Gasteiger partial charge on any atom is -0.378 e. The van der Waals surface area contributed by atoms with Crippen molar-refractivity contribution in [2.24, 2.45) is 11.8 Å². The summed E-state index contributed by atoms with van der Waals surface area (Å²) >= 11 is 0. The molecule has 0 saturated carbocycles. The quantitative estimate of drug-likeness (QED) is 0.540. The van der Waals surface area contributed by atoms with Gasteiger partial charge in [-0.3, -0.25) is 11.3 Å². The standard InChI is InChI=1S/C13H26N2O3S/c14-15-12(3-1-4-13-5-2-7-18-13)9-11-6-8-19(16,17)10-11/h11-13,15H,1-10,14H2. The lowest BCUT2D eigenvalue weighted by Crippen LogP contribution is -2.37. The monoisotopic (exact) mass is 290 g/mol. The van der Waals surface area contributed by atoms with E-state index in [0.29, 0.717) is 17.6 Å². The molecule has 0 aromatic rings. The highest BCUT2D eigenvalue weighted by Crippen LogP contribution is 2.25.